The van der Waals surface area contributed by atoms with E-state index in [4.69, 9.17) is 9.83 Å². The van der Waals surface area contributed by atoms with Crippen LogP contribution in [-0.2, 0) is 0 Å². The third-order valence-corrected chi connectivity index (χ3v) is 3.56. The van der Waals surface area contributed by atoms with Crippen molar-refractivity contribution in [3.05, 3.63) is 70.8 Å². The van der Waals surface area contributed by atoms with Gasteiger partial charge in [0.25, 0.3) is 5.91 Å². The zero-order valence-electron chi connectivity index (χ0n) is 12.4. The number of para-hydroxylation sites is 1. The maximum Gasteiger partial charge on any atom is 0.261 e. The highest BCUT2D eigenvalue weighted by molar-refractivity contribution is 6.05. The van der Waals surface area contributed by atoms with Crippen molar-refractivity contribution in [1.82, 2.24) is 0 Å². The van der Waals surface area contributed by atoms with Gasteiger partial charge < -0.3 is 9.73 Å². The Labute approximate surface area is 127 Å². The minimum absolute atomic E-state index is 0.137. The molecule has 3 aromatic rings. The summed E-state index contributed by atoms with van der Waals surface area (Å²) < 4.78 is 5.41. The van der Waals surface area contributed by atoms with Gasteiger partial charge in [0.15, 0.2) is 0 Å². The first kappa shape index (κ1) is 14.1. The van der Waals surface area contributed by atoms with Gasteiger partial charge in [-0.2, -0.15) is 0 Å². The van der Waals surface area contributed by atoms with E-state index < -0.39 is 0 Å². The van der Waals surface area contributed by atoms with Crippen molar-refractivity contribution in [3.8, 4) is 0 Å². The molecular weight excluding hydrogens is 276 g/mol. The second-order valence-electron chi connectivity index (χ2n) is 5.30. The fraction of sp³-hybridized carbons (Fsp3) is 0.111. The van der Waals surface area contributed by atoms with Gasteiger partial charge in [0.2, 0.25) is 5.55 Å². The fourth-order valence-corrected chi connectivity index (χ4v) is 2.31. The monoisotopic (exact) mass is 292 g/mol. The Morgan fingerprint density at radius 3 is 2.68 bits per heavy atom. The molecule has 22 heavy (non-hydrogen) atoms. The number of rotatable bonds is 2. The topological polar surface area (TPSA) is 66.1 Å². The number of anilines is 1. The van der Waals surface area contributed by atoms with E-state index in [1.807, 2.05) is 50.2 Å². The quantitative estimate of drug-likeness (QED) is 0.754. The molecule has 0 aliphatic carbocycles. The maximum atomic E-state index is 12.5. The SMILES string of the molecule is Cc1ccc(C)c(NC(=O)c2cc3ccccc3oc2=N)c1. The lowest BCUT2D eigenvalue weighted by atomic mass is 10.1. The van der Waals surface area contributed by atoms with Crippen LogP contribution in [0.4, 0.5) is 5.69 Å². The predicted molar refractivity (Wildman–Crippen MR) is 85.9 cm³/mol. The normalized spacial score (nSPS) is 10.6. The van der Waals surface area contributed by atoms with E-state index in [-0.39, 0.29) is 17.0 Å². The van der Waals surface area contributed by atoms with Crippen LogP contribution < -0.4 is 10.9 Å². The third-order valence-electron chi connectivity index (χ3n) is 3.56. The average Bonchev–Trinajstić information content (AvgIpc) is 2.50. The number of hydrogen-bond donors (Lipinski definition) is 2. The molecule has 0 spiro atoms. The predicted octanol–water partition coefficient (Wildman–Crippen LogP) is 3.78. The highest BCUT2D eigenvalue weighted by Gasteiger charge is 2.12. The van der Waals surface area contributed by atoms with Crippen molar-refractivity contribution in [3.63, 3.8) is 0 Å². The van der Waals surface area contributed by atoms with E-state index in [9.17, 15) is 4.79 Å². The summed E-state index contributed by atoms with van der Waals surface area (Å²) in [5.41, 5.74) is 3.47. The van der Waals surface area contributed by atoms with Gasteiger partial charge in [-0.1, -0.05) is 30.3 Å². The highest BCUT2D eigenvalue weighted by atomic mass is 16.3. The fourth-order valence-electron chi connectivity index (χ4n) is 2.31. The Balaban J connectivity index is 2.00. The van der Waals surface area contributed by atoms with E-state index in [0.717, 1.165) is 22.2 Å². The number of hydrogen-bond acceptors (Lipinski definition) is 3. The summed E-state index contributed by atoms with van der Waals surface area (Å²) in [6.07, 6.45) is 0. The first-order valence-corrected chi connectivity index (χ1v) is 7.01. The number of amides is 1. The van der Waals surface area contributed by atoms with E-state index in [0.29, 0.717) is 5.58 Å². The lowest BCUT2D eigenvalue weighted by Gasteiger charge is -2.09. The van der Waals surface area contributed by atoms with Gasteiger partial charge in [0.05, 0.1) is 0 Å². The molecule has 2 N–H and O–H groups in total. The number of aryl methyl sites for hydroxylation is 2. The summed E-state index contributed by atoms with van der Waals surface area (Å²) in [6, 6.07) is 14.9. The van der Waals surface area contributed by atoms with Gasteiger partial charge in [0.1, 0.15) is 11.1 Å². The first-order chi connectivity index (χ1) is 10.5. The van der Waals surface area contributed by atoms with E-state index >= 15 is 0 Å². The second-order valence-corrected chi connectivity index (χ2v) is 5.30. The molecule has 0 aliphatic rings. The Morgan fingerprint density at radius 1 is 1.09 bits per heavy atom. The largest absolute Gasteiger partial charge is 0.438 e. The smallest absolute Gasteiger partial charge is 0.261 e. The van der Waals surface area contributed by atoms with Crippen LogP contribution in [0.2, 0.25) is 0 Å². The summed E-state index contributed by atoms with van der Waals surface area (Å²) in [5, 5.41) is 11.6. The summed E-state index contributed by atoms with van der Waals surface area (Å²) in [5.74, 6) is -0.340. The molecule has 4 nitrogen and oxygen atoms in total. The van der Waals surface area contributed by atoms with E-state index in [1.165, 1.54) is 0 Å². The Bertz CT molecular complexity index is 926. The van der Waals surface area contributed by atoms with Crippen LogP contribution in [0.1, 0.15) is 21.5 Å². The van der Waals surface area contributed by atoms with Crippen molar-refractivity contribution >= 4 is 22.6 Å². The Kier molecular flexibility index (Phi) is 3.51. The van der Waals surface area contributed by atoms with Gasteiger partial charge in [-0.05, 0) is 43.2 Å². The van der Waals surface area contributed by atoms with Crippen molar-refractivity contribution in [1.29, 1.82) is 5.41 Å². The second kappa shape index (κ2) is 5.48. The molecule has 0 aliphatic heterocycles. The van der Waals surface area contributed by atoms with Crippen LogP contribution >= 0.6 is 0 Å². The lowest BCUT2D eigenvalue weighted by Crippen LogP contribution is -2.21. The van der Waals surface area contributed by atoms with Crippen LogP contribution in [-0.4, -0.2) is 5.91 Å². The van der Waals surface area contributed by atoms with E-state index in [2.05, 4.69) is 5.32 Å². The van der Waals surface area contributed by atoms with Gasteiger partial charge in [-0.3, -0.25) is 10.2 Å². The summed E-state index contributed by atoms with van der Waals surface area (Å²) in [6.45, 7) is 3.90. The molecule has 3 rings (SSSR count). The van der Waals surface area contributed by atoms with Crippen molar-refractivity contribution in [2.75, 3.05) is 5.32 Å². The van der Waals surface area contributed by atoms with Gasteiger partial charge in [-0.25, -0.2) is 0 Å². The van der Waals surface area contributed by atoms with Crippen molar-refractivity contribution < 1.29 is 9.21 Å². The Morgan fingerprint density at radius 2 is 1.86 bits per heavy atom. The molecule has 1 aromatic heterocycles. The van der Waals surface area contributed by atoms with Crippen LogP contribution in [0.3, 0.4) is 0 Å². The Hall–Kier alpha value is -2.88. The van der Waals surface area contributed by atoms with Crippen LogP contribution in [0, 0.1) is 19.3 Å². The lowest BCUT2D eigenvalue weighted by molar-refractivity contribution is 0.102. The molecule has 0 atom stereocenters. The molecule has 110 valence electrons. The molecule has 0 radical (unpaired) electrons. The van der Waals surface area contributed by atoms with E-state index in [1.54, 1.807) is 12.1 Å². The summed E-state index contributed by atoms with van der Waals surface area (Å²) in [4.78, 5) is 12.5. The van der Waals surface area contributed by atoms with Gasteiger partial charge in [0, 0.05) is 11.1 Å². The number of carbonyl (C=O) groups is 1. The van der Waals surface area contributed by atoms with Crippen LogP contribution in [0.15, 0.2) is 52.9 Å². The summed E-state index contributed by atoms with van der Waals surface area (Å²) in [7, 11) is 0. The highest BCUT2D eigenvalue weighted by Crippen LogP contribution is 2.18. The maximum absolute atomic E-state index is 12.5. The average molecular weight is 292 g/mol. The molecular formula is C18H16N2O2. The number of carbonyl (C=O) groups excluding carboxylic acids is 1. The zero-order chi connectivity index (χ0) is 15.7. The molecule has 1 amide bonds. The van der Waals surface area contributed by atoms with Crippen LogP contribution in [0.5, 0.6) is 0 Å². The molecule has 0 fully saturated rings. The molecule has 1 heterocycles. The van der Waals surface area contributed by atoms with Crippen molar-refractivity contribution in [2.45, 2.75) is 13.8 Å². The minimum atomic E-state index is -0.340. The molecule has 0 saturated heterocycles. The zero-order valence-corrected chi connectivity index (χ0v) is 12.4. The molecule has 4 heteroatoms. The minimum Gasteiger partial charge on any atom is -0.438 e. The van der Waals surface area contributed by atoms with Gasteiger partial charge in [-0.15, -0.1) is 0 Å². The summed E-state index contributed by atoms with van der Waals surface area (Å²) >= 11 is 0. The first-order valence-electron chi connectivity index (χ1n) is 7.01. The molecule has 0 unspecified atom stereocenters. The molecule has 0 saturated carbocycles. The standard InChI is InChI=1S/C18H16N2O2/c1-11-7-8-12(2)15(9-11)20-18(21)14-10-13-5-3-4-6-16(13)22-17(14)19/h3-10,19H,1-2H3,(H,20,21). The van der Waals surface area contributed by atoms with Crippen molar-refractivity contribution in [2.24, 2.45) is 0 Å². The number of nitrogens with one attached hydrogen (secondary N) is 2. The molecule has 0 bridgehead atoms. The van der Waals surface area contributed by atoms with Gasteiger partial charge >= 0.3 is 0 Å². The number of benzene rings is 2. The van der Waals surface area contributed by atoms with Crippen LogP contribution in [0.25, 0.3) is 11.0 Å². The number of fused-ring (bicyclic) bond motifs is 1. The third kappa shape index (κ3) is 2.63. The molecule has 2 aromatic carbocycles.